The maximum Gasteiger partial charge on any atom is 0.230 e. The SMILES string of the molecule is C[C@]1(c2cc(CC(=O)c3ccc(Cl)cn3)ccc2F)N=C(N)C2(CCC2)S(=O)(=O)[C@@H]1F. The van der Waals surface area contributed by atoms with Crippen molar-refractivity contribution < 1.29 is 22.0 Å². The van der Waals surface area contributed by atoms with Crippen LogP contribution in [0.4, 0.5) is 8.78 Å². The lowest BCUT2D eigenvalue weighted by atomic mass is 9.82. The van der Waals surface area contributed by atoms with Crippen LogP contribution >= 0.6 is 11.6 Å². The van der Waals surface area contributed by atoms with Gasteiger partial charge in [0.05, 0.1) is 5.02 Å². The van der Waals surface area contributed by atoms with Gasteiger partial charge >= 0.3 is 0 Å². The highest BCUT2D eigenvalue weighted by molar-refractivity contribution is 7.94. The molecule has 10 heteroatoms. The fraction of sp³-hybridized carbons (Fsp3) is 0.381. The minimum atomic E-state index is -4.35. The topological polar surface area (TPSA) is 102 Å². The quantitative estimate of drug-likeness (QED) is 0.693. The van der Waals surface area contributed by atoms with Gasteiger partial charge in [0.2, 0.25) is 5.50 Å². The van der Waals surface area contributed by atoms with Crippen molar-refractivity contribution in [2.24, 2.45) is 10.7 Å². The van der Waals surface area contributed by atoms with E-state index in [1.54, 1.807) is 0 Å². The Bertz CT molecular complexity index is 1200. The number of aliphatic imine (C=N–C) groups is 1. The van der Waals surface area contributed by atoms with Crippen LogP contribution in [0.15, 0.2) is 41.5 Å². The van der Waals surface area contributed by atoms with Crippen molar-refractivity contribution in [3.8, 4) is 0 Å². The van der Waals surface area contributed by atoms with Gasteiger partial charge in [-0.25, -0.2) is 17.2 Å². The van der Waals surface area contributed by atoms with E-state index in [1.807, 2.05) is 0 Å². The smallest absolute Gasteiger partial charge is 0.230 e. The van der Waals surface area contributed by atoms with Crippen molar-refractivity contribution in [1.82, 2.24) is 4.98 Å². The van der Waals surface area contributed by atoms with E-state index in [2.05, 4.69) is 9.98 Å². The molecule has 2 aliphatic rings. The van der Waals surface area contributed by atoms with E-state index in [0.717, 1.165) is 6.07 Å². The van der Waals surface area contributed by atoms with Crippen molar-refractivity contribution in [1.29, 1.82) is 0 Å². The Morgan fingerprint density at radius 1 is 1.29 bits per heavy atom. The summed E-state index contributed by atoms with van der Waals surface area (Å²) in [5, 5.41) is 0.376. The van der Waals surface area contributed by atoms with E-state index in [0.29, 0.717) is 17.0 Å². The number of carbonyl (C=O) groups is 1. The van der Waals surface area contributed by atoms with Crippen LogP contribution in [0.1, 0.15) is 47.8 Å². The van der Waals surface area contributed by atoms with Gasteiger partial charge < -0.3 is 5.73 Å². The monoisotopic (exact) mass is 467 g/mol. The van der Waals surface area contributed by atoms with Crippen LogP contribution in [0, 0.1) is 5.82 Å². The Hall–Kier alpha value is -2.39. The lowest BCUT2D eigenvalue weighted by Gasteiger charge is -2.48. The zero-order chi connectivity index (χ0) is 22.6. The Balaban J connectivity index is 1.73. The molecule has 1 spiro atoms. The number of pyridine rings is 1. The molecule has 0 saturated heterocycles. The van der Waals surface area contributed by atoms with Crippen molar-refractivity contribution >= 4 is 33.1 Å². The number of amidine groups is 1. The van der Waals surface area contributed by atoms with Gasteiger partial charge in [-0.05, 0) is 56.0 Å². The van der Waals surface area contributed by atoms with Crippen molar-refractivity contribution in [3.05, 3.63) is 64.2 Å². The molecule has 1 fully saturated rings. The van der Waals surface area contributed by atoms with Gasteiger partial charge in [0, 0.05) is 18.2 Å². The Labute approximate surface area is 183 Å². The number of alkyl halides is 1. The summed E-state index contributed by atoms with van der Waals surface area (Å²) in [5.41, 5.74) is 1.72. The molecule has 1 aliphatic carbocycles. The molecule has 31 heavy (non-hydrogen) atoms. The third-order valence-corrected chi connectivity index (χ3v) is 9.13. The van der Waals surface area contributed by atoms with Gasteiger partial charge in [0.15, 0.2) is 15.6 Å². The molecule has 1 saturated carbocycles. The van der Waals surface area contributed by atoms with E-state index in [1.165, 1.54) is 37.4 Å². The predicted molar refractivity (Wildman–Crippen MR) is 113 cm³/mol. The second-order valence-electron chi connectivity index (χ2n) is 8.13. The average molecular weight is 468 g/mol. The molecule has 2 N–H and O–H groups in total. The summed E-state index contributed by atoms with van der Waals surface area (Å²) in [4.78, 5) is 20.6. The number of nitrogens with zero attached hydrogens (tertiary/aromatic N) is 2. The van der Waals surface area contributed by atoms with Crippen LogP contribution < -0.4 is 5.73 Å². The average Bonchev–Trinajstić information content (AvgIpc) is 2.67. The molecular formula is C21H20ClF2N3O3S. The number of nitrogens with two attached hydrogens (primary N) is 1. The van der Waals surface area contributed by atoms with Crippen molar-refractivity contribution in [2.75, 3.05) is 0 Å². The van der Waals surface area contributed by atoms with Gasteiger partial charge in [-0.2, -0.15) is 0 Å². The molecule has 6 nitrogen and oxygen atoms in total. The van der Waals surface area contributed by atoms with E-state index in [-0.39, 0.29) is 42.1 Å². The molecule has 0 radical (unpaired) electrons. The highest BCUT2D eigenvalue weighted by Gasteiger charge is 2.64. The fourth-order valence-corrected chi connectivity index (χ4v) is 6.64. The van der Waals surface area contributed by atoms with Crippen LogP contribution in [-0.2, 0) is 21.8 Å². The number of carbonyl (C=O) groups excluding carboxylic acids is 1. The van der Waals surface area contributed by atoms with Gasteiger partial charge in [-0.1, -0.05) is 17.7 Å². The Kier molecular flexibility index (Phi) is 5.17. The first-order valence-electron chi connectivity index (χ1n) is 9.68. The Morgan fingerprint density at radius 2 is 2.00 bits per heavy atom. The van der Waals surface area contributed by atoms with Gasteiger partial charge in [0.25, 0.3) is 0 Å². The summed E-state index contributed by atoms with van der Waals surface area (Å²) in [5.74, 6) is -1.38. The normalized spacial score (nSPS) is 26.2. The zero-order valence-electron chi connectivity index (χ0n) is 16.6. The van der Waals surface area contributed by atoms with E-state index in [9.17, 15) is 17.6 Å². The highest BCUT2D eigenvalue weighted by Crippen LogP contribution is 2.51. The molecular weight excluding hydrogens is 448 g/mol. The lowest BCUT2D eigenvalue weighted by Crippen LogP contribution is -2.64. The molecule has 1 aromatic heterocycles. The van der Waals surface area contributed by atoms with Crippen LogP contribution in [0.2, 0.25) is 5.02 Å². The second-order valence-corrected chi connectivity index (χ2v) is 10.9. The molecule has 2 heterocycles. The number of hydrogen-bond donors (Lipinski definition) is 1. The number of aromatic nitrogens is 1. The first-order valence-corrected chi connectivity index (χ1v) is 11.6. The summed E-state index contributed by atoms with van der Waals surface area (Å²) in [6.45, 7) is 1.21. The van der Waals surface area contributed by atoms with Gasteiger partial charge in [0.1, 0.15) is 27.6 Å². The first-order chi connectivity index (χ1) is 14.5. The van der Waals surface area contributed by atoms with Gasteiger partial charge in [-0.3, -0.25) is 14.8 Å². The van der Waals surface area contributed by atoms with Crippen LogP contribution in [0.25, 0.3) is 0 Å². The number of hydrogen-bond acceptors (Lipinski definition) is 6. The minimum Gasteiger partial charge on any atom is -0.386 e. The number of benzene rings is 1. The maximum absolute atomic E-state index is 15.5. The molecule has 164 valence electrons. The van der Waals surface area contributed by atoms with Crippen molar-refractivity contribution in [2.45, 2.75) is 48.4 Å². The standard InChI is InChI=1S/C21H20ClF2N3O3S/c1-20(18(24)31(29,30)21(7-2-8-21)19(25)27-20)14-9-12(3-5-15(14)23)10-17(28)16-6-4-13(22)11-26-16/h3-6,9,11,18H,2,7-8,10H2,1H3,(H2,25,27)/t18-,20+/m0/s1. The molecule has 0 bridgehead atoms. The summed E-state index contributed by atoms with van der Waals surface area (Å²) < 4.78 is 54.7. The molecule has 0 amide bonds. The Morgan fingerprint density at radius 3 is 2.58 bits per heavy atom. The third kappa shape index (κ3) is 3.25. The number of ketones is 1. The van der Waals surface area contributed by atoms with Gasteiger partial charge in [-0.15, -0.1) is 0 Å². The zero-order valence-corrected chi connectivity index (χ0v) is 18.2. The lowest BCUT2D eigenvalue weighted by molar-refractivity contribution is 0.0988. The third-order valence-electron chi connectivity index (χ3n) is 6.19. The van der Waals surface area contributed by atoms with E-state index >= 15 is 4.39 Å². The summed E-state index contributed by atoms with van der Waals surface area (Å²) in [6, 6.07) is 6.69. The summed E-state index contributed by atoms with van der Waals surface area (Å²) >= 11 is 5.78. The summed E-state index contributed by atoms with van der Waals surface area (Å²) in [7, 11) is -4.35. The number of sulfone groups is 1. The number of rotatable bonds is 4. The molecule has 0 unspecified atom stereocenters. The highest BCUT2D eigenvalue weighted by atomic mass is 35.5. The molecule has 2 aromatic rings. The second kappa shape index (κ2) is 7.34. The van der Waals surface area contributed by atoms with Crippen LogP contribution in [0.3, 0.4) is 0 Å². The summed E-state index contributed by atoms with van der Waals surface area (Å²) in [6.07, 6.45) is 2.19. The molecule has 1 aliphatic heterocycles. The molecule has 1 aromatic carbocycles. The number of halogens is 3. The van der Waals surface area contributed by atoms with Crippen molar-refractivity contribution in [3.63, 3.8) is 0 Å². The number of Topliss-reactive ketones (excluding diaryl/α,β-unsaturated/α-hetero) is 1. The molecule has 2 atom stereocenters. The predicted octanol–water partition coefficient (Wildman–Crippen LogP) is 3.52. The van der Waals surface area contributed by atoms with Crippen LogP contribution in [0.5, 0.6) is 0 Å². The minimum absolute atomic E-state index is 0.148. The van der Waals surface area contributed by atoms with E-state index < -0.39 is 31.4 Å². The fourth-order valence-electron chi connectivity index (χ4n) is 4.16. The van der Waals surface area contributed by atoms with Crippen LogP contribution in [-0.4, -0.2) is 35.3 Å². The first kappa shape index (κ1) is 21.8. The largest absolute Gasteiger partial charge is 0.386 e. The maximum atomic E-state index is 15.5. The van der Waals surface area contributed by atoms with E-state index in [4.69, 9.17) is 17.3 Å². The molecule has 4 rings (SSSR count).